The summed E-state index contributed by atoms with van der Waals surface area (Å²) >= 11 is 0. The zero-order valence-corrected chi connectivity index (χ0v) is 16.0. The summed E-state index contributed by atoms with van der Waals surface area (Å²) < 4.78 is 13.4. The lowest BCUT2D eigenvalue weighted by Gasteiger charge is -2.40. The van der Waals surface area contributed by atoms with E-state index in [1.165, 1.54) is 18.6 Å². The molecule has 1 amide bonds. The van der Waals surface area contributed by atoms with Crippen LogP contribution in [0.25, 0.3) is 0 Å². The summed E-state index contributed by atoms with van der Waals surface area (Å²) in [5, 5.41) is 0. The molecular formula is C21H26FN5O. The zero-order valence-electron chi connectivity index (χ0n) is 16.0. The molecule has 0 bridgehead atoms. The van der Waals surface area contributed by atoms with E-state index in [9.17, 15) is 9.18 Å². The van der Waals surface area contributed by atoms with E-state index in [-0.39, 0.29) is 17.8 Å². The van der Waals surface area contributed by atoms with Gasteiger partial charge in [0.1, 0.15) is 11.9 Å². The standard InChI is InChI=1S/C21H26FN5O/c22-18-7-5-17(6-8-18)19(25-11-2-1-3-12-25)20(28)26-13-15-27(16-14-26)21-23-9-4-10-24-21/h4-10,19H,1-3,11-16H2. The molecule has 2 aliphatic heterocycles. The lowest BCUT2D eigenvalue weighted by molar-refractivity contribution is -0.138. The van der Waals surface area contributed by atoms with Crippen molar-refractivity contribution in [1.29, 1.82) is 0 Å². The summed E-state index contributed by atoms with van der Waals surface area (Å²) in [6.45, 7) is 4.53. The first-order valence-electron chi connectivity index (χ1n) is 10.0. The average Bonchev–Trinajstić information content (AvgIpc) is 2.77. The van der Waals surface area contributed by atoms with Gasteiger partial charge in [-0.15, -0.1) is 0 Å². The van der Waals surface area contributed by atoms with Gasteiger partial charge in [-0.3, -0.25) is 9.69 Å². The van der Waals surface area contributed by atoms with Crippen LogP contribution in [-0.4, -0.2) is 64.9 Å². The van der Waals surface area contributed by atoms with Crippen molar-refractivity contribution >= 4 is 11.9 Å². The number of piperidine rings is 1. The Hall–Kier alpha value is -2.54. The molecule has 0 N–H and O–H groups in total. The number of anilines is 1. The van der Waals surface area contributed by atoms with Gasteiger partial charge in [-0.2, -0.15) is 0 Å². The van der Waals surface area contributed by atoms with Crippen LogP contribution < -0.4 is 4.90 Å². The van der Waals surface area contributed by atoms with Crippen molar-refractivity contribution in [2.45, 2.75) is 25.3 Å². The van der Waals surface area contributed by atoms with Gasteiger partial charge in [0.25, 0.3) is 0 Å². The van der Waals surface area contributed by atoms with Crippen LogP contribution in [0.3, 0.4) is 0 Å². The molecule has 2 aliphatic rings. The highest BCUT2D eigenvalue weighted by Crippen LogP contribution is 2.27. The smallest absolute Gasteiger partial charge is 0.244 e. The van der Waals surface area contributed by atoms with Crippen LogP contribution in [0.5, 0.6) is 0 Å². The van der Waals surface area contributed by atoms with Gasteiger partial charge in [0, 0.05) is 38.6 Å². The number of piperazine rings is 1. The summed E-state index contributed by atoms with van der Waals surface area (Å²) in [7, 11) is 0. The third-order valence-electron chi connectivity index (χ3n) is 5.60. The first-order chi connectivity index (χ1) is 13.7. The minimum Gasteiger partial charge on any atom is -0.337 e. The number of amides is 1. The largest absolute Gasteiger partial charge is 0.337 e. The Labute approximate surface area is 165 Å². The van der Waals surface area contributed by atoms with E-state index in [2.05, 4.69) is 19.8 Å². The molecule has 6 nitrogen and oxygen atoms in total. The lowest BCUT2D eigenvalue weighted by atomic mass is 10.00. The van der Waals surface area contributed by atoms with Crippen molar-refractivity contribution in [2.24, 2.45) is 0 Å². The fourth-order valence-corrected chi connectivity index (χ4v) is 4.09. The number of rotatable bonds is 4. The predicted octanol–water partition coefficient (Wildman–Crippen LogP) is 2.49. The van der Waals surface area contributed by atoms with E-state index >= 15 is 0 Å². The van der Waals surface area contributed by atoms with Gasteiger partial charge >= 0.3 is 0 Å². The van der Waals surface area contributed by atoms with E-state index in [0.717, 1.165) is 31.5 Å². The molecule has 1 unspecified atom stereocenters. The van der Waals surface area contributed by atoms with Crippen molar-refractivity contribution in [3.63, 3.8) is 0 Å². The SMILES string of the molecule is O=C(C(c1ccc(F)cc1)N1CCCCC1)N1CCN(c2ncccn2)CC1. The van der Waals surface area contributed by atoms with Crippen LogP contribution in [0, 0.1) is 5.82 Å². The molecule has 1 aromatic heterocycles. The normalized spacial score (nSPS) is 19.5. The fraction of sp³-hybridized carbons (Fsp3) is 0.476. The first-order valence-corrected chi connectivity index (χ1v) is 10.0. The molecule has 2 aromatic rings. The van der Waals surface area contributed by atoms with Crippen LogP contribution in [0.1, 0.15) is 30.9 Å². The quantitative estimate of drug-likeness (QED) is 0.812. The maximum absolute atomic E-state index is 13.5. The maximum atomic E-state index is 13.5. The summed E-state index contributed by atoms with van der Waals surface area (Å²) in [4.78, 5) is 28.4. The van der Waals surface area contributed by atoms with Crippen LogP contribution in [0.2, 0.25) is 0 Å². The van der Waals surface area contributed by atoms with Gasteiger partial charge in [0.2, 0.25) is 11.9 Å². The molecule has 0 radical (unpaired) electrons. The molecule has 0 aliphatic carbocycles. The summed E-state index contributed by atoms with van der Waals surface area (Å²) in [6, 6.07) is 7.87. The van der Waals surface area contributed by atoms with Gasteiger partial charge in [-0.25, -0.2) is 14.4 Å². The lowest BCUT2D eigenvalue weighted by Crippen LogP contribution is -2.53. The topological polar surface area (TPSA) is 52.6 Å². The van der Waals surface area contributed by atoms with Gasteiger partial charge in [-0.1, -0.05) is 18.6 Å². The Balaban J connectivity index is 1.48. The van der Waals surface area contributed by atoms with Crippen LogP contribution >= 0.6 is 0 Å². The molecule has 3 heterocycles. The van der Waals surface area contributed by atoms with E-state index in [4.69, 9.17) is 0 Å². The maximum Gasteiger partial charge on any atom is 0.244 e. The number of nitrogens with zero attached hydrogens (tertiary/aromatic N) is 5. The minimum absolute atomic E-state index is 0.113. The number of benzene rings is 1. The van der Waals surface area contributed by atoms with Crippen LogP contribution in [-0.2, 0) is 4.79 Å². The predicted molar refractivity (Wildman–Crippen MR) is 105 cm³/mol. The molecule has 0 saturated carbocycles. The Kier molecular flexibility index (Phi) is 5.81. The molecular weight excluding hydrogens is 357 g/mol. The third-order valence-corrected chi connectivity index (χ3v) is 5.60. The van der Waals surface area contributed by atoms with Gasteiger partial charge in [0.05, 0.1) is 0 Å². The molecule has 28 heavy (non-hydrogen) atoms. The zero-order chi connectivity index (χ0) is 19.3. The monoisotopic (exact) mass is 383 g/mol. The van der Waals surface area contributed by atoms with E-state index in [1.54, 1.807) is 30.6 Å². The van der Waals surface area contributed by atoms with E-state index in [1.807, 2.05) is 4.90 Å². The number of carbonyl (C=O) groups is 1. The Morgan fingerprint density at radius 3 is 2.18 bits per heavy atom. The molecule has 4 rings (SSSR count). The molecule has 2 saturated heterocycles. The third kappa shape index (κ3) is 4.14. The molecule has 7 heteroatoms. The molecule has 2 fully saturated rings. The van der Waals surface area contributed by atoms with E-state index < -0.39 is 0 Å². The number of halogens is 1. The molecule has 0 spiro atoms. The fourth-order valence-electron chi connectivity index (χ4n) is 4.09. The second-order valence-electron chi connectivity index (χ2n) is 7.41. The van der Waals surface area contributed by atoms with Crippen LogP contribution in [0.15, 0.2) is 42.7 Å². The Bertz CT molecular complexity index is 771. The first kappa shape index (κ1) is 18.8. The minimum atomic E-state index is -0.333. The number of carbonyl (C=O) groups excluding carboxylic acids is 1. The van der Waals surface area contributed by atoms with Gasteiger partial charge in [0.15, 0.2) is 0 Å². The van der Waals surface area contributed by atoms with Crippen LogP contribution in [0.4, 0.5) is 10.3 Å². The molecule has 148 valence electrons. The van der Waals surface area contributed by atoms with Crippen molar-refractivity contribution in [2.75, 3.05) is 44.2 Å². The van der Waals surface area contributed by atoms with Gasteiger partial charge in [-0.05, 0) is 49.7 Å². The average molecular weight is 383 g/mol. The second kappa shape index (κ2) is 8.65. The second-order valence-corrected chi connectivity index (χ2v) is 7.41. The highest BCUT2D eigenvalue weighted by Gasteiger charge is 2.33. The summed E-state index contributed by atoms with van der Waals surface area (Å²) in [6.07, 6.45) is 6.88. The number of hydrogen-bond acceptors (Lipinski definition) is 5. The molecule has 1 aromatic carbocycles. The van der Waals surface area contributed by atoms with Gasteiger partial charge < -0.3 is 9.80 Å². The number of aromatic nitrogens is 2. The van der Waals surface area contributed by atoms with Crippen molar-refractivity contribution in [3.8, 4) is 0 Å². The summed E-state index contributed by atoms with van der Waals surface area (Å²) in [5.41, 5.74) is 0.877. The van der Waals surface area contributed by atoms with Crippen molar-refractivity contribution in [1.82, 2.24) is 19.8 Å². The highest BCUT2D eigenvalue weighted by atomic mass is 19.1. The highest BCUT2D eigenvalue weighted by molar-refractivity contribution is 5.83. The number of hydrogen-bond donors (Lipinski definition) is 0. The Morgan fingerprint density at radius 1 is 0.893 bits per heavy atom. The van der Waals surface area contributed by atoms with Crippen molar-refractivity contribution < 1.29 is 9.18 Å². The van der Waals surface area contributed by atoms with E-state index in [0.29, 0.717) is 32.1 Å². The van der Waals surface area contributed by atoms with Crippen molar-refractivity contribution in [3.05, 3.63) is 54.1 Å². The number of likely N-dealkylation sites (tertiary alicyclic amines) is 1. The Morgan fingerprint density at radius 2 is 1.54 bits per heavy atom. The molecule has 1 atom stereocenters. The summed E-state index contributed by atoms with van der Waals surface area (Å²) in [5.74, 6) is 0.549.